The molecule has 1 fully saturated rings. The molecule has 25 heavy (non-hydrogen) atoms. The molecule has 0 spiro atoms. The third-order valence-corrected chi connectivity index (χ3v) is 5.41. The minimum Gasteiger partial charge on any atom is -0.352 e. The molecule has 2 aliphatic rings. The Morgan fingerprint density at radius 1 is 1.32 bits per heavy atom. The second-order valence-corrected chi connectivity index (χ2v) is 7.35. The number of piperidine rings is 1. The third-order valence-electron chi connectivity index (χ3n) is 5.41. The fraction of sp³-hybridized carbons (Fsp3) is 0.600. The van der Waals surface area contributed by atoms with Crippen LogP contribution in [0.4, 0.5) is 0 Å². The smallest absolute Gasteiger partial charge is 0.254 e. The molecule has 3 rings (SSSR count). The maximum Gasteiger partial charge on any atom is 0.254 e. The predicted octanol–water partition coefficient (Wildman–Crippen LogP) is 2.29. The molecule has 1 saturated heterocycles. The number of carbonyl (C=O) groups excluding carboxylic acids is 1. The van der Waals surface area contributed by atoms with Crippen molar-refractivity contribution in [1.29, 1.82) is 0 Å². The molecule has 1 aliphatic carbocycles. The van der Waals surface area contributed by atoms with E-state index in [2.05, 4.69) is 24.2 Å². The first-order valence-electron chi connectivity index (χ1n) is 9.49. The fourth-order valence-corrected chi connectivity index (χ4v) is 3.69. The highest BCUT2D eigenvalue weighted by Crippen LogP contribution is 2.21. The van der Waals surface area contributed by atoms with Crippen LogP contribution in [0.2, 0.25) is 0 Å². The molecule has 0 aromatic carbocycles. The zero-order chi connectivity index (χ0) is 17.8. The predicted molar refractivity (Wildman–Crippen MR) is 101 cm³/mol. The molecule has 5 nitrogen and oxygen atoms in total. The van der Waals surface area contributed by atoms with E-state index in [1.165, 1.54) is 0 Å². The summed E-state index contributed by atoms with van der Waals surface area (Å²) in [5.74, 6) is 0.502. The van der Waals surface area contributed by atoms with Crippen LogP contribution in [-0.4, -0.2) is 42.1 Å². The lowest BCUT2D eigenvalue weighted by atomic mass is 9.97. The van der Waals surface area contributed by atoms with Crippen molar-refractivity contribution in [1.82, 2.24) is 14.8 Å². The summed E-state index contributed by atoms with van der Waals surface area (Å²) in [6, 6.07) is 0. The molecule has 0 unspecified atom stereocenters. The molecule has 2 heterocycles. The lowest BCUT2D eigenvalue weighted by Gasteiger charge is -2.29. The van der Waals surface area contributed by atoms with Gasteiger partial charge in [-0.3, -0.25) is 9.59 Å². The zero-order valence-corrected chi connectivity index (χ0v) is 15.4. The van der Waals surface area contributed by atoms with E-state index in [1.54, 1.807) is 10.8 Å². The van der Waals surface area contributed by atoms with E-state index in [0.717, 1.165) is 56.4 Å². The summed E-state index contributed by atoms with van der Waals surface area (Å²) < 4.78 is 1.72. The van der Waals surface area contributed by atoms with Gasteiger partial charge >= 0.3 is 0 Å². The monoisotopic (exact) mass is 343 g/mol. The van der Waals surface area contributed by atoms with Gasteiger partial charge in [0.05, 0.1) is 5.56 Å². The fourth-order valence-electron chi connectivity index (χ4n) is 3.69. The average Bonchev–Trinajstić information content (AvgIpc) is 3.10. The van der Waals surface area contributed by atoms with E-state index in [-0.39, 0.29) is 11.5 Å². The van der Waals surface area contributed by atoms with Crippen LogP contribution in [-0.2, 0) is 13.0 Å². The van der Waals surface area contributed by atoms with E-state index in [1.807, 2.05) is 12.2 Å². The number of aryl methyl sites for hydroxylation is 1. The third kappa shape index (κ3) is 4.03. The summed E-state index contributed by atoms with van der Waals surface area (Å²) in [5, 5.41) is 3.11. The largest absolute Gasteiger partial charge is 0.352 e. The molecule has 0 bridgehead atoms. The van der Waals surface area contributed by atoms with Gasteiger partial charge in [-0.15, -0.1) is 0 Å². The minimum atomic E-state index is -0.0491. The number of hydrogen-bond donors (Lipinski definition) is 1. The van der Waals surface area contributed by atoms with Crippen LogP contribution in [0.25, 0.3) is 6.08 Å². The van der Waals surface area contributed by atoms with Crippen LogP contribution in [0, 0.1) is 5.92 Å². The second-order valence-electron chi connectivity index (χ2n) is 7.35. The zero-order valence-electron chi connectivity index (χ0n) is 15.4. The lowest BCUT2D eigenvalue weighted by molar-refractivity contribution is 0.0938. The van der Waals surface area contributed by atoms with Crippen LogP contribution in [0.5, 0.6) is 0 Å². The Balaban J connectivity index is 1.74. The van der Waals surface area contributed by atoms with Crippen molar-refractivity contribution < 1.29 is 4.79 Å². The Bertz CT molecular complexity index is 712. The molecule has 1 N–H and O–H groups in total. The Hall–Kier alpha value is -1.88. The first kappa shape index (κ1) is 17.9. The van der Waals surface area contributed by atoms with Gasteiger partial charge in [0.2, 0.25) is 0 Å². The van der Waals surface area contributed by atoms with Gasteiger partial charge in [0.1, 0.15) is 0 Å². The molecule has 1 amide bonds. The number of unbranched alkanes of at least 4 members (excludes halogenated alkanes) is 1. The first-order valence-corrected chi connectivity index (χ1v) is 9.49. The van der Waals surface area contributed by atoms with Gasteiger partial charge in [-0.05, 0) is 57.3 Å². The highest BCUT2D eigenvalue weighted by atomic mass is 16.2. The SMILES string of the molecule is CCCCn1cc(C(=O)NCC2CCN(C)CC2)c2c(c1=O)CC=C2. The van der Waals surface area contributed by atoms with Crippen molar-refractivity contribution in [3.05, 3.63) is 39.3 Å². The number of amides is 1. The van der Waals surface area contributed by atoms with E-state index >= 15 is 0 Å². The Kier molecular flexibility index (Phi) is 5.74. The number of pyridine rings is 1. The molecule has 5 heteroatoms. The van der Waals surface area contributed by atoms with E-state index < -0.39 is 0 Å². The van der Waals surface area contributed by atoms with Gasteiger partial charge in [0.25, 0.3) is 11.5 Å². The van der Waals surface area contributed by atoms with Crippen molar-refractivity contribution in [3.8, 4) is 0 Å². The number of likely N-dealkylation sites (tertiary alicyclic amines) is 1. The van der Waals surface area contributed by atoms with E-state index in [9.17, 15) is 9.59 Å². The van der Waals surface area contributed by atoms with Crippen LogP contribution in [0.3, 0.4) is 0 Å². The van der Waals surface area contributed by atoms with Crippen molar-refractivity contribution in [2.45, 2.75) is 45.6 Å². The van der Waals surface area contributed by atoms with Crippen LogP contribution < -0.4 is 10.9 Å². The number of nitrogens with one attached hydrogen (secondary N) is 1. The van der Waals surface area contributed by atoms with E-state index in [4.69, 9.17) is 0 Å². The molecular weight excluding hydrogens is 314 g/mol. The summed E-state index contributed by atoms with van der Waals surface area (Å²) in [4.78, 5) is 27.7. The highest BCUT2D eigenvalue weighted by molar-refractivity contribution is 5.98. The second kappa shape index (κ2) is 8.00. The quantitative estimate of drug-likeness (QED) is 0.862. The van der Waals surface area contributed by atoms with Crippen molar-refractivity contribution in [2.75, 3.05) is 26.7 Å². The molecule has 0 saturated carbocycles. The van der Waals surface area contributed by atoms with Gasteiger partial charge in [-0.25, -0.2) is 0 Å². The number of rotatable bonds is 6. The van der Waals surface area contributed by atoms with Crippen LogP contribution in [0.15, 0.2) is 17.1 Å². The molecule has 1 aromatic heterocycles. The average molecular weight is 343 g/mol. The first-order chi connectivity index (χ1) is 12.1. The maximum atomic E-state index is 12.8. The summed E-state index contributed by atoms with van der Waals surface area (Å²) in [6.07, 6.45) is 10.5. The minimum absolute atomic E-state index is 0.0491. The van der Waals surface area contributed by atoms with Crippen molar-refractivity contribution in [2.24, 2.45) is 5.92 Å². The number of hydrogen-bond acceptors (Lipinski definition) is 3. The molecule has 1 aliphatic heterocycles. The molecule has 1 aromatic rings. The van der Waals surface area contributed by atoms with Gasteiger partial charge < -0.3 is 14.8 Å². The van der Waals surface area contributed by atoms with Gasteiger partial charge in [-0.1, -0.05) is 25.5 Å². The number of carbonyl (C=O) groups is 1. The van der Waals surface area contributed by atoms with Crippen molar-refractivity contribution in [3.63, 3.8) is 0 Å². The summed E-state index contributed by atoms with van der Waals surface area (Å²) >= 11 is 0. The lowest BCUT2D eigenvalue weighted by Crippen LogP contribution is -2.37. The topological polar surface area (TPSA) is 54.3 Å². The standard InChI is InChI=1S/C20H29N3O2/c1-3-4-10-23-14-18(16-6-5-7-17(16)20(23)25)19(24)21-13-15-8-11-22(2)12-9-15/h5-6,14-15H,3-4,7-13H2,1-2H3,(H,21,24). The molecule has 136 valence electrons. The molecule has 0 atom stereocenters. The summed E-state index contributed by atoms with van der Waals surface area (Å²) in [5.41, 5.74) is 2.29. The number of aromatic nitrogens is 1. The summed E-state index contributed by atoms with van der Waals surface area (Å²) in [7, 11) is 2.14. The number of allylic oxidation sites excluding steroid dienone is 1. The Morgan fingerprint density at radius 2 is 2.08 bits per heavy atom. The van der Waals surface area contributed by atoms with Crippen molar-refractivity contribution >= 4 is 12.0 Å². The number of fused-ring (bicyclic) bond motifs is 1. The van der Waals surface area contributed by atoms with E-state index in [0.29, 0.717) is 24.4 Å². The van der Waals surface area contributed by atoms with Crippen LogP contribution in [0.1, 0.15) is 54.1 Å². The Morgan fingerprint density at radius 3 is 2.80 bits per heavy atom. The molecular formula is C20H29N3O2. The normalized spacial score (nSPS) is 17.7. The number of nitrogens with zero attached hydrogens (tertiary/aromatic N) is 2. The van der Waals surface area contributed by atoms with Gasteiger partial charge in [0.15, 0.2) is 0 Å². The molecule has 0 radical (unpaired) electrons. The highest BCUT2D eigenvalue weighted by Gasteiger charge is 2.22. The summed E-state index contributed by atoms with van der Waals surface area (Å²) in [6.45, 7) is 5.70. The Labute approximate surface area is 149 Å². The van der Waals surface area contributed by atoms with Crippen LogP contribution >= 0.6 is 0 Å². The van der Waals surface area contributed by atoms with Gasteiger partial charge in [-0.2, -0.15) is 0 Å². The van der Waals surface area contributed by atoms with Gasteiger partial charge in [0, 0.05) is 24.8 Å². The maximum absolute atomic E-state index is 12.8.